The van der Waals surface area contributed by atoms with Crippen molar-refractivity contribution in [2.45, 2.75) is 32.2 Å². The molecular formula is C14H20N2S. The van der Waals surface area contributed by atoms with E-state index in [9.17, 15) is 0 Å². The lowest BCUT2D eigenvalue weighted by atomic mass is 10.0. The van der Waals surface area contributed by atoms with Gasteiger partial charge in [-0.2, -0.15) is 0 Å². The second-order valence-corrected chi connectivity index (χ2v) is 6.08. The summed E-state index contributed by atoms with van der Waals surface area (Å²) in [6, 6.07) is 8.50. The maximum absolute atomic E-state index is 5.96. The molecule has 17 heavy (non-hydrogen) atoms. The Morgan fingerprint density at radius 3 is 2.82 bits per heavy atom. The second kappa shape index (κ2) is 5.07. The van der Waals surface area contributed by atoms with E-state index in [1.165, 1.54) is 15.8 Å². The number of benzene rings is 1. The summed E-state index contributed by atoms with van der Waals surface area (Å²) in [5.41, 5.74) is 7.15. The van der Waals surface area contributed by atoms with Crippen LogP contribution < -0.4 is 11.1 Å². The molecule has 3 N–H and O–H groups in total. The Kier molecular flexibility index (Phi) is 3.69. The van der Waals surface area contributed by atoms with Gasteiger partial charge < -0.3 is 11.1 Å². The van der Waals surface area contributed by atoms with Crippen LogP contribution in [0.15, 0.2) is 29.6 Å². The average molecular weight is 248 g/mol. The molecule has 0 spiro atoms. The molecule has 0 atom stereocenters. The van der Waals surface area contributed by atoms with Crippen LogP contribution in [0.5, 0.6) is 0 Å². The molecular weight excluding hydrogens is 228 g/mol. The second-order valence-electron chi connectivity index (χ2n) is 5.16. The lowest BCUT2D eigenvalue weighted by Crippen LogP contribution is -2.32. The molecule has 1 aromatic carbocycles. The number of hydrogen-bond donors (Lipinski definition) is 2. The molecule has 2 nitrogen and oxygen atoms in total. The van der Waals surface area contributed by atoms with Gasteiger partial charge in [0.2, 0.25) is 0 Å². The van der Waals surface area contributed by atoms with Crippen LogP contribution in [0.4, 0.5) is 5.69 Å². The van der Waals surface area contributed by atoms with Crippen LogP contribution in [-0.2, 0) is 0 Å². The van der Waals surface area contributed by atoms with Crippen molar-refractivity contribution in [3.63, 3.8) is 0 Å². The SMILES string of the molecule is CC(C)(N)CCCNc1csc2ccccc12. The smallest absolute Gasteiger partial charge is 0.0528 e. The summed E-state index contributed by atoms with van der Waals surface area (Å²) in [5.74, 6) is 0. The van der Waals surface area contributed by atoms with Gasteiger partial charge in [-0.15, -0.1) is 11.3 Å². The lowest BCUT2D eigenvalue weighted by Gasteiger charge is -2.18. The first kappa shape index (κ1) is 12.4. The first-order valence-corrected chi connectivity index (χ1v) is 6.93. The zero-order chi connectivity index (χ0) is 12.3. The van der Waals surface area contributed by atoms with Gasteiger partial charge in [-0.3, -0.25) is 0 Å². The summed E-state index contributed by atoms with van der Waals surface area (Å²) in [4.78, 5) is 0. The minimum absolute atomic E-state index is 0.0571. The van der Waals surface area contributed by atoms with E-state index in [1.54, 1.807) is 11.3 Å². The number of rotatable bonds is 5. The molecule has 0 fully saturated rings. The summed E-state index contributed by atoms with van der Waals surface area (Å²) in [5, 5.41) is 7.01. The summed E-state index contributed by atoms with van der Waals surface area (Å²) < 4.78 is 1.34. The van der Waals surface area contributed by atoms with E-state index in [-0.39, 0.29) is 5.54 Å². The predicted molar refractivity (Wildman–Crippen MR) is 77.8 cm³/mol. The molecule has 0 aliphatic carbocycles. The third kappa shape index (κ3) is 3.45. The van der Waals surface area contributed by atoms with Gasteiger partial charge in [-0.1, -0.05) is 18.2 Å². The van der Waals surface area contributed by atoms with Crippen LogP contribution in [-0.4, -0.2) is 12.1 Å². The number of thiophene rings is 1. The molecule has 92 valence electrons. The van der Waals surface area contributed by atoms with E-state index in [0.717, 1.165) is 19.4 Å². The highest BCUT2D eigenvalue weighted by atomic mass is 32.1. The van der Waals surface area contributed by atoms with Crippen LogP contribution in [0.3, 0.4) is 0 Å². The van der Waals surface area contributed by atoms with Crippen LogP contribution in [0, 0.1) is 0 Å². The number of fused-ring (bicyclic) bond motifs is 1. The highest BCUT2D eigenvalue weighted by Crippen LogP contribution is 2.29. The van der Waals surface area contributed by atoms with Gasteiger partial charge in [0.1, 0.15) is 0 Å². The number of anilines is 1. The zero-order valence-corrected chi connectivity index (χ0v) is 11.3. The van der Waals surface area contributed by atoms with Gasteiger partial charge in [0.15, 0.2) is 0 Å². The Morgan fingerprint density at radius 2 is 2.06 bits per heavy atom. The monoisotopic (exact) mass is 248 g/mol. The molecule has 2 aromatic rings. The minimum atomic E-state index is -0.0571. The van der Waals surface area contributed by atoms with Gasteiger partial charge >= 0.3 is 0 Å². The molecule has 0 amide bonds. The van der Waals surface area contributed by atoms with Gasteiger partial charge in [0.25, 0.3) is 0 Å². The third-order valence-corrected chi connectivity index (χ3v) is 3.76. The normalized spacial score (nSPS) is 11.9. The summed E-state index contributed by atoms with van der Waals surface area (Å²) >= 11 is 1.79. The standard InChI is InChI=1S/C14H20N2S/c1-14(2,15)8-5-9-16-12-10-17-13-7-4-3-6-11(12)13/h3-4,6-7,10,16H,5,8-9,15H2,1-2H3. The Morgan fingerprint density at radius 1 is 1.29 bits per heavy atom. The molecule has 1 heterocycles. The fourth-order valence-electron chi connectivity index (χ4n) is 1.88. The first-order chi connectivity index (χ1) is 8.06. The Balaban J connectivity index is 1.91. The Hall–Kier alpha value is -1.06. The van der Waals surface area contributed by atoms with Crippen LogP contribution in [0.25, 0.3) is 10.1 Å². The van der Waals surface area contributed by atoms with Gasteiger partial charge in [0, 0.05) is 27.5 Å². The molecule has 3 heteroatoms. The molecule has 0 saturated heterocycles. The van der Waals surface area contributed by atoms with Crippen molar-refractivity contribution in [2.75, 3.05) is 11.9 Å². The molecule has 0 radical (unpaired) electrons. The van der Waals surface area contributed by atoms with E-state index in [2.05, 4.69) is 48.8 Å². The van der Waals surface area contributed by atoms with Gasteiger partial charge in [-0.25, -0.2) is 0 Å². The zero-order valence-electron chi connectivity index (χ0n) is 10.5. The highest BCUT2D eigenvalue weighted by Gasteiger charge is 2.09. The van der Waals surface area contributed by atoms with Gasteiger partial charge in [-0.05, 0) is 32.8 Å². The number of nitrogens with two attached hydrogens (primary N) is 1. The molecule has 1 aromatic heterocycles. The van der Waals surface area contributed by atoms with Crippen molar-refractivity contribution in [3.8, 4) is 0 Å². The van der Waals surface area contributed by atoms with E-state index < -0.39 is 0 Å². The third-order valence-electron chi connectivity index (χ3n) is 2.79. The van der Waals surface area contributed by atoms with Crippen LogP contribution in [0.1, 0.15) is 26.7 Å². The average Bonchev–Trinajstić information content (AvgIpc) is 2.67. The molecule has 0 bridgehead atoms. The van der Waals surface area contributed by atoms with Crippen molar-refractivity contribution in [3.05, 3.63) is 29.6 Å². The minimum Gasteiger partial charge on any atom is -0.384 e. The Bertz CT molecular complexity index is 482. The predicted octanol–water partition coefficient (Wildman–Crippen LogP) is 3.83. The largest absolute Gasteiger partial charge is 0.384 e. The van der Waals surface area contributed by atoms with Crippen molar-refractivity contribution in [1.29, 1.82) is 0 Å². The van der Waals surface area contributed by atoms with E-state index in [0.29, 0.717) is 0 Å². The first-order valence-electron chi connectivity index (χ1n) is 6.05. The molecule has 0 unspecified atom stereocenters. The maximum Gasteiger partial charge on any atom is 0.0528 e. The Labute approximate surface area is 107 Å². The maximum atomic E-state index is 5.96. The van der Waals surface area contributed by atoms with Crippen molar-refractivity contribution >= 4 is 27.1 Å². The fourth-order valence-corrected chi connectivity index (χ4v) is 2.80. The van der Waals surface area contributed by atoms with Crippen LogP contribution >= 0.6 is 11.3 Å². The van der Waals surface area contributed by atoms with Crippen molar-refractivity contribution in [1.82, 2.24) is 0 Å². The van der Waals surface area contributed by atoms with Crippen molar-refractivity contribution < 1.29 is 0 Å². The van der Waals surface area contributed by atoms with E-state index >= 15 is 0 Å². The fraction of sp³-hybridized carbons (Fsp3) is 0.429. The number of hydrogen-bond acceptors (Lipinski definition) is 3. The lowest BCUT2D eigenvalue weighted by molar-refractivity contribution is 0.465. The summed E-state index contributed by atoms with van der Waals surface area (Å²) in [6.07, 6.45) is 2.15. The quantitative estimate of drug-likeness (QED) is 0.789. The van der Waals surface area contributed by atoms with E-state index in [4.69, 9.17) is 5.73 Å². The molecule has 0 saturated carbocycles. The van der Waals surface area contributed by atoms with Crippen molar-refractivity contribution in [2.24, 2.45) is 5.73 Å². The molecule has 0 aliphatic rings. The summed E-state index contributed by atoms with van der Waals surface area (Å²) in [7, 11) is 0. The van der Waals surface area contributed by atoms with E-state index in [1.807, 2.05) is 0 Å². The van der Waals surface area contributed by atoms with Crippen LogP contribution in [0.2, 0.25) is 0 Å². The topological polar surface area (TPSA) is 38.0 Å². The molecule has 0 aliphatic heterocycles. The molecule has 2 rings (SSSR count). The summed E-state index contributed by atoms with van der Waals surface area (Å²) in [6.45, 7) is 5.14. The van der Waals surface area contributed by atoms with Gasteiger partial charge in [0.05, 0.1) is 5.69 Å². The number of nitrogens with one attached hydrogen (secondary N) is 1. The highest BCUT2D eigenvalue weighted by molar-refractivity contribution is 7.17.